The average molecular weight is 348 g/mol. The summed E-state index contributed by atoms with van der Waals surface area (Å²) in [5.41, 5.74) is -1.85. The van der Waals surface area contributed by atoms with Crippen molar-refractivity contribution in [2.75, 3.05) is 11.4 Å². The fraction of sp³-hybridized carbons (Fsp3) is 0.267. The van der Waals surface area contributed by atoms with E-state index in [1.165, 1.54) is 24.7 Å². The third-order valence-corrected chi connectivity index (χ3v) is 3.12. The molecule has 1 heterocycles. The van der Waals surface area contributed by atoms with Gasteiger partial charge in [0.25, 0.3) is 0 Å². The molecule has 128 valence electrons. The van der Waals surface area contributed by atoms with Crippen LogP contribution in [-0.2, 0) is 12.7 Å². The zero-order valence-electron chi connectivity index (χ0n) is 11.9. The number of furan rings is 1. The summed E-state index contributed by atoms with van der Waals surface area (Å²) in [4.78, 5) is 0.737. The van der Waals surface area contributed by atoms with Crippen molar-refractivity contribution in [3.63, 3.8) is 0 Å². The minimum Gasteiger partial charge on any atom is -0.472 e. The summed E-state index contributed by atoms with van der Waals surface area (Å²) >= 11 is 0. The molecular weight excluding hydrogens is 338 g/mol. The van der Waals surface area contributed by atoms with Crippen molar-refractivity contribution in [1.29, 1.82) is 5.26 Å². The molecule has 0 N–H and O–H groups in total. The van der Waals surface area contributed by atoms with E-state index in [1.807, 2.05) is 0 Å². The number of alkyl halides is 6. The molecular formula is C15H10F6N2O. The summed E-state index contributed by atoms with van der Waals surface area (Å²) < 4.78 is 82.0. The van der Waals surface area contributed by atoms with Gasteiger partial charge in [-0.2, -0.15) is 31.6 Å². The molecule has 0 unspecified atom stereocenters. The van der Waals surface area contributed by atoms with Crippen molar-refractivity contribution in [1.82, 2.24) is 0 Å². The molecule has 24 heavy (non-hydrogen) atoms. The van der Waals surface area contributed by atoms with Gasteiger partial charge in [0.15, 0.2) is 0 Å². The Morgan fingerprint density at radius 1 is 1.08 bits per heavy atom. The first kappa shape index (κ1) is 17.7. The molecule has 1 aromatic carbocycles. The van der Waals surface area contributed by atoms with Gasteiger partial charge in [0, 0.05) is 17.8 Å². The summed E-state index contributed by atoms with van der Waals surface area (Å²) in [7, 11) is 0. The molecule has 0 fully saturated rings. The van der Waals surface area contributed by atoms with Gasteiger partial charge < -0.3 is 9.32 Å². The summed E-state index contributed by atoms with van der Waals surface area (Å²) in [6.45, 7) is -1.74. The van der Waals surface area contributed by atoms with Crippen LogP contribution in [0.25, 0.3) is 0 Å². The lowest BCUT2D eigenvalue weighted by molar-refractivity contribution is -0.137. The van der Waals surface area contributed by atoms with Crippen LogP contribution in [0, 0.1) is 11.3 Å². The van der Waals surface area contributed by atoms with Crippen molar-refractivity contribution >= 4 is 5.69 Å². The molecule has 2 rings (SSSR count). The van der Waals surface area contributed by atoms with E-state index in [1.54, 1.807) is 0 Å². The Hall–Kier alpha value is -2.63. The summed E-state index contributed by atoms with van der Waals surface area (Å²) in [5, 5.41) is 8.75. The zero-order valence-corrected chi connectivity index (χ0v) is 11.9. The molecule has 0 aliphatic heterocycles. The molecule has 9 heteroatoms. The van der Waals surface area contributed by atoms with Gasteiger partial charge in [-0.3, -0.25) is 0 Å². The average Bonchev–Trinajstić information content (AvgIpc) is 2.96. The van der Waals surface area contributed by atoms with E-state index in [4.69, 9.17) is 9.68 Å². The van der Waals surface area contributed by atoms with Crippen molar-refractivity contribution in [3.05, 3.63) is 53.5 Å². The molecule has 0 radical (unpaired) electrons. The van der Waals surface area contributed by atoms with E-state index < -0.39 is 30.0 Å². The highest BCUT2D eigenvalue weighted by atomic mass is 19.4. The third kappa shape index (κ3) is 4.44. The highest BCUT2D eigenvalue weighted by Crippen LogP contribution is 2.35. The van der Waals surface area contributed by atoms with Crippen molar-refractivity contribution in [3.8, 4) is 6.07 Å². The predicted octanol–water partition coefficient (Wildman–Crippen LogP) is 4.74. The van der Waals surface area contributed by atoms with Crippen molar-refractivity contribution < 1.29 is 30.8 Å². The van der Waals surface area contributed by atoms with E-state index >= 15 is 0 Å². The highest BCUT2D eigenvalue weighted by Gasteiger charge is 2.36. The second-order valence-electron chi connectivity index (χ2n) is 4.94. The topological polar surface area (TPSA) is 40.2 Å². The normalized spacial score (nSPS) is 12.0. The summed E-state index contributed by atoms with van der Waals surface area (Å²) in [5.74, 6) is 0. The third-order valence-electron chi connectivity index (χ3n) is 3.12. The molecule has 0 saturated carbocycles. The lowest BCUT2D eigenvalue weighted by Crippen LogP contribution is -2.34. The molecule has 2 aromatic rings. The van der Waals surface area contributed by atoms with Gasteiger partial charge in [0.1, 0.15) is 6.54 Å². The van der Waals surface area contributed by atoms with Crippen LogP contribution in [-0.4, -0.2) is 12.7 Å². The monoisotopic (exact) mass is 348 g/mol. The van der Waals surface area contributed by atoms with E-state index in [2.05, 4.69) is 0 Å². The largest absolute Gasteiger partial charge is 0.472 e. The standard InChI is InChI=1S/C15H10F6N2O/c16-14(17,18)9-23(7-10-3-4-24-8-10)12-2-1-11(6-22)13(5-12)15(19,20)21/h1-5,8H,7,9H2. The van der Waals surface area contributed by atoms with Crippen LogP contribution in [0.3, 0.4) is 0 Å². The fourth-order valence-corrected chi connectivity index (χ4v) is 2.12. The van der Waals surface area contributed by atoms with Gasteiger partial charge in [0.05, 0.1) is 29.7 Å². The van der Waals surface area contributed by atoms with Gasteiger partial charge >= 0.3 is 12.4 Å². The Morgan fingerprint density at radius 2 is 1.79 bits per heavy atom. The Kier molecular flexibility index (Phi) is 4.78. The number of hydrogen-bond donors (Lipinski definition) is 0. The lowest BCUT2D eigenvalue weighted by atomic mass is 10.1. The maximum absolute atomic E-state index is 13.0. The van der Waals surface area contributed by atoms with E-state index in [0.29, 0.717) is 11.6 Å². The Balaban J connectivity index is 2.44. The first-order valence-electron chi connectivity index (χ1n) is 6.54. The number of hydrogen-bond acceptors (Lipinski definition) is 3. The Morgan fingerprint density at radius 3 is 2.29 bits per heavy atom. The van der Waals surface area contributed by atoms with Gasteiger partial charge in [-0.1, -0.05) is 0 Å². The van der Waals surface area contributed by atoms with Crippen LogP contribution in [0.5, 0.6) is 0 Å². The number of nitrogens with zero attached hydrogens (tertiary/aromatic N) is 2. The van der Waals surface area contributed by atoms with Crippen LogP contribution < -0.4 is 4.90 Å². The van der Waals surface area contributed by atoms with Gasteiger partial charge in [-0.15, -0.1) is 0 Å². The smallest absolute Gasteiger partial charge is 0.417 e. The predicted molar refractivity (Wildman–Crippen MR) is 72.0 cm³/mol. The molecule has 1 aromatic heterocycles. The molecule has 0 atom stereocenters. The van der Waals surface area contributed by atoms with Crippen LogP contribution in [0.1, 0.15) is 16.7 Å². The first-order chi connectivity index (χ1) is 11.1. The maximum Gasteiger partial charge on any atom is 0.417 e. The van der Waals surface area contributed by atoms with Crippen molar-refractivity contribution in [2.45, 2.75) is 18.9 Å². The molecule has 0 amide bonds. The highest BCUT2D eigenvalue weighted by molar-refractivity contribution is 5.55. The van der Waals surface area contributed by atoms with E-state index in [0.717, 1.165) is 17.0 Å². The Bertz CT molecular complexity index is 728. The minimum atomic E-state index is -4.85. The lowest BCUT2D eigenvalue weighted by Gasteiger charge is -2.26. The zero-order chi connectivity index (χ0) is 18.0. The second kappa shape index (κ2) is 6.47. The van der Waals surface area contributed by atoms with Crippen LogP contribution in [0.15, 0.2) is 41.2 Å². The molecule has 0 spiro atoms. The van der Waals surface area contributed by atoms with Gasteiger partial charge in [-0.25, -0.2) is 0 Å². The van der Waals surface area contributed by atoms with E-state index in [9.17, 15) is 26.3 Å². The first-order valence-corrected chi connectivity index (χ1v) is 6.54. The molecule has 0 bridgehead atoms. The number of anilines is 1. The van der Waals surface area contributed by atoms with Crippen molar-refractivity contribution in [2.24, 2.45) is 0 Å². The molecule has 3 nitrogen and oxygen atoms in total. The minimum absolute atomic E-state index is 0.292. The Labute approximate surface area is 132 Å². The van der Waals surface area contributed by atoms with Gasteiger partial charge in [-0.05, 0) is 24.3 Å². The number of halogens is 6. The maximum atomic E-state index is 13.0. The molecule has 0 saturated heterocycles. The molecule has 0 aliphatic rings. The van der Waals surface area contributed by atoms with Crippen LogP contribution in [0.2, 0.25) is 0 Å². The van der Waals surface area contributed by atoms with Crippen LogP contribution >= 0.6 is 0 Å². The van der Waals surface area contributed by atoms with Gasteiger partial charge in [0.2, 0.25) is 0 Å². The second-order valence-corrected chi connectivity index (χ2v) is 4.94. The SMILES string of the molecule is N#Cc1ccc(N(Cc2ccoc2)CC(F)(F)F)cc1C(F)(F)F. The van der Waals surface area contributed by atoms with E-state index in [-0.39, 0.29) is 12.2 Å². The molecule has 0 aliphatic carbocycles. The fourth-order valence-electron chi connectivity index (χ4n) is 2.12. The number of nitriles is 1. The number of benzene rings is 1. The quantitative estimate of drug-likeness (QED) is 0.750. The van der Waals surface area contributed by atoms with Crippen LogP contribution in [0.4, 0.5) is 32.0 Å². The summed E-state index contributed by atoms with van der Waals surface area (Å²) in [6, 6.07) is 5.26. The number of rotatable bonds is 4. The summed E-state index contributed by atoms with van der Waals surface area (Å²) in [6.07, 6.45) is -7.00.